The number of nitrogens with zero attached hydrogens (tertiary/aromatic N) is 2. The van der Waals surface area contributed by atoms with Gasteiger partial charge in [0.25, 0.3) is 0 Å². The molecule has 0 amide bonds. The van der Waals surface area contributed by atoms with Crippen LogP contribution in [0.3, 0.4) is 0 Å². The number of esters is 1. The van der Waals surface area contributed by atoms with Crippen molar-refractivity contribution in [3.05, 3.63) is 72.4 Å². The standard InChI is InChI=1S/C17H11FN2O3/c18-14-6-1-12(2-7-14)3-10-16(21)23-15-8-4-13(5-9-15)17-20-19-11-22-17/h1-11H/b10-3+. The maximum absolute atomic E-state index is 12.8. The molecule has 1 aromatic heterocycles. The zero-order valence-corrected chi connectivity index (χ0v) is 11.8. The Hall–Kier alpha value is -3.28. The highest BCUT2D eigenvalue weighted by atomic mass is 19.1. The van der Waals surface area contributed by atoms with Gasteiger partial charge in [0.1, 0.15) is 11.6 Å². The van der Waals surface area contributed by atoms with Crippen LogP contribution in [0.1, 0.15) is 5.56 Å². The molecule has 0 spiro atoms. The van der Waals surface area contributed by atoms with Crippen LogP contribution in [0.25, 0.3) is 17.5 Å². The molecule has 0 unspecified atom stereocenters. The lowest BCUT2D eigenvalue weighted by Gasteiger charge is -2.01. The van der Waals surface area contributed by atoms with Crippen molar-refractivity contribution in [2.75, 3.05) is 0 Å². The molecule has 6 heteroatoms. The summed E-state index contributed by atoms with van der Waals surface area (Å²) in [5.41, 5.74) is 1.43. The van der Waals surface area contributed by atoms with Crippen LogP contribution in [-0.2, 0) is 4.79 Å². The minimum atomic E-state index is -0.528. The number of halogens is 1. The van der Waals surface area contributed by atoms with E-state index >= 15 is 0 Å². The first kappa shape index (κ1) is 14.6. The largest absolute Gasteiger partial charge is 0.423 e. The Morgan fingerprint density at radius 1 is 1.09 bits per heavy atom. The van der Waals surface area contributed by atoms with Gasteiger partial charge in [0, 0.05) is 11.6 Å². The van der Waals surface area contributed by atoms with Gasteiger partial charge in [-0.2, -0.15) is 0 Å². The number of hydrogen-bond donors (Lipinski definition) is 0. The van der Waals surface area contributed by atoms with Crippen molar-refractivity contribution in [3.63, 3.8) is 0 Å². The molecule has 0 aliphatic heterocycles. The zero-order valence-electron chi connectivity index (χ0n) is 11.8. The second kappa shape index (κ2) is 6.65. The van der Waals surface area contributed by atoms with E-state index in [9.17, 15) is 9.18 Å². The summed E-state index contributed by atoms with van der Waals surface area (Å²) in [6, 6.07) is 12.4. The summed E-state index contributed by atoms with van der Waals surface area (Å²) in [5.74, 6) is -0.0768. The average molecular weight is 310 g/mol. The molecular formula is C17H11FN2O3. The van der Waals surface area contributed by atoms with Crippen LogP contribution >= 0.6 is 0 Å². The lowest BCUT2D eigenvalue weighted by molar-refractivity contribution is -0.128. The van der Waals surface area contributed by atoms with Gasteiger partial charge in [-0.25, -0.2) is 9.18 Å². The maximum atomic E-state index is 12.8. The predicted octanol–water partition coefficient (Wildman–Crippen LogP) is 3.49. The lowest BCUT2D eigenvalue weighted by atomic mass is 10.2. The van der Waals surface area contributed by atoms with Gasteiger partial charge in [0.05, 0.1) is 0 Å². The Balaban J connectivity index is 1.62. The van der Waals surface area contributed by atoms with Crippen LogP contribution in [0, 0.1) is 5.82 Å². The van der Waals surface area contributed by atoms with Crippen LogP contribution < -0.4 is 4.74 Å². The molecule has 1 heterocycles. The quantitative estimate of drug-likeness (QED) is 0.419. The van der Waals surface area contributed by atoms with Crippen LogP contribution in [0.4, 0.5) is 4.39 Å². The first-order valence-corrected chi connectivity index (χ1v) is 6.73. The van der Waals surface area contributed by atoms with Crippen LogP contribution in [0.15, 0.2) is 65.4 Å². The molecule has 0 radical (unpaired) electrons. The van der Waals surface area contributed by atoms with Crippen molar-refractivity contribution in [1.29, 1.82) is 0 Å². The smallest absolute Gasteiger partial charge is 0.336 e. The van der Waals surface area contributed by atoms with E-state index in [0.717, 1.165) is 5.56 Å². The van der Waals surface area contributed by atoms with Crippen molar-refractivity contribution in [3.8, 4) is 17.2 Å². The van der Waals surface area contributed by atoms with Crippen molar-refractivity contribution in [2.24, 2.45) is 0 Å². The highest BCUT2D eigenvalue weighted by Gasteiger charge is 2.05. The minimum absolute atomic E-state index is 0.328. The number of aromatic nitrogens is 2. The summed E-state index contributed by atoms with van der Waals surface area (Å²) in [6.45, 7) is 0. The summed E-state index contributed by atoms with van der Waals surface area (Å²) in [6.07, 6.45) is 4.07. The SMILES string of the molecule is O=C(/C=C/c1ccc(F)cc1)Oc1ccc(-c2nnco2)cc1. The Labute approximate surface area is 131 Å². The third-order valence-electron chi connectivity index (χ3n) is 2.96. The second-order valence-corrected chi connectivity index (χ2v) is 4.57. The van der Waals surface area contributed by atoms with Crippen LogP contribution in [-0.4, -0.2) is 16.2 Å². The van der Waals surface area contributed by atoms with E-state index in [4.69, 9.17) is 9.15 Å². The van der Waals surface area contributed by atoms with Crippen molar-refractivity contribution < 1.29 is 18.3 Å². The molecule has 23 heavy (non-hydrogen) atoms. The van der Waals surface area contributed by atoms with E-state index in [-0.39, 0.29) is 5.82 Å². The fourth-order valence-corrected chi connectivity index (χ4v) is 1.85. The normalized spacial score (nSPS) is 10.8. The summed E-state index contributed by atoms with van der Waals surface area (Å²) in [4.78, 5) is 11.7. The molecule has 114 valence electrons. The van der Waals surface area contributed by atoms with Gasteiger partial charge < -0.3 is 9.15 Å². The molecule has 0 N–H and O–H groups in total. The van der Waals surface area contributed by atoms with E-state index in [2.05, 4.69) is 10.2 Å². The Morgan fingerprint density at radius 3 is 2.48 bits per heavy atom. The fourth-order valence-electron chi connectivity index (χ4n) is 1.85. The Kier molecular flexibility index (Phi) is 4.24. The Morgan fingerprint density at radius 2 is 1.83 bits per heavy atom. The molecular weight excluding hydrogens is 299 g/mol. The number of carbonyl (C=O) groups is 1. The van der Waals surface area contributed by atoms with Crippen molar-refractivity contribution in [2.45, 2.75) is 0 Å². The number of ether oxygens (including phenoxy) is 1. The zero-order chi connectivity index (χ0) is 16.1. The van der Waals surface area contributed by atoms with Gasteiger partial charge in [0.2, 0.25) is 12.3 Å². The molecule has 0 bridgehead atoms. The van der Waals surface area contributed by atoms with E-state index in [0.29, 0.717) is 17.2 Å². The summed E-state index contributed by atoms with van der Waals surface area (Å²) in [5, 5.41) is 7.38. The third-order valence-corrected chi connectivity index (χ3v) is 2.96. The molecule has 2 aromatic carbocycles. The number of hydrogen-bond acceptors (Lipinski definition) is 5. The third kappa shape index (κ3) is 3.88. The van der Waals surface area contributed by atoms with Crippen molar-refractivity contribution in [1.82, 2.24) is 10.2 Å². The Bertz CT molecular complexity index is 810. The van der Waals surface area contributed by atoms with Gasteiger partial charge in [-0.3, -0.25) is 0 Å². The van der Waals surface area contributed by atoms with Crippen LogP contribution in [0.2, 0.25) is 0 Å². The number of rotatable bonds is 4. The molecule has 0 aliphatic rings. The highest BCUT2D eigenvalue weighted by molar-refractivity contribution is 5.88. The second-order valence-electron chi connectivity index (χ2n) is 4.57. The fraction of sp³-hybridized carbons (Fsp3) is 0. The molecule has 0 aliphatic carbocycles. The van der Waals surface area contributed by atoms with E-state index in [1.807, 2.05) is 0 Å². The van der Waals surface area contributed by atoms with Crippen LogP contribution in [0.5, 0.6) is 5.75 Å². The van der Waals surface area contributed by atoms with Gasteiger partial charge >= 0.3 is 5.97 Å². The van der Waals surface area contributed by atoms with Crippen molar-refractivity contribution >= 4 is 12.0 Å². The number of carbonyl (C=O) groups excluding carboxylic acids is 1. The summed E-state index contributed by atoms with van der Waals surface area (Å²) >= 11 is 0. The molecule has 3 aromatic rings. The molecule has 3 rings (SSSR count). The number of benzene rings is 2. The molecule has 0 saturated heterocycles. The summed E-state index contributed by atoms with van der Waals surface area (Å²) < 4.78 is 23.0. The molecule has 0 saturated carbocycles. The monoisotopic (exact) mass is 310 g/mol. The van der Waals surface area contributed by atoms with E-state index < -0.39 is 5.97 Å². The van der Waals surface area contributed by atoms with Gasteiger partial charge in [-0.1, -0.05) is 12.1 Å². The average Bonchev–Trinajstić information content (AvgIpc) is 3.09. The molecule has 0 atom stereocenters. The molecule has 5 nitrogen and oxygen atoms in total. The summed E-state index contributed by atoms with van der Waals surface area (Å²) in [7, 11) is 0. The first-order chi connectivity index (χ1) is 11.2. The maximum Gasteiger partial charge on any atom is 0.336 e. The molecule has 0 fully saturated rings. The highest BCUT2D eigenvalue weighted by Crippen LogP contribution is 2.20. The lowest BCUT2D eigenvalue weighted by Crippen LogP contribution is -2.03. The van der Waals surface area contributed by atoms with Gasteiger partial charge in [-0.15, -0.1) is 10.2 Å². The van der Waals surface area contributed by atoms with E-state index in [1.54, 1.807) is 42.5 Å². The van der Waals surface area contributed by atoms with Gasteiger partial charge in [-0.05, 0) is 48.0 Å². The minimum Gasteiger partial charge on any atom is -0.423 e. The van der Waals surface area contributed by atoms with E-state index in [1.165, 1.54) is 24.6 Å². The first-order valence-electron chi connectivity index (χ1n) is 6.73. The van der Waals surface area contributed by atoms with Gasteiger partial charge in [0.15, 0.2) is 0 Å². The topological polar surface area (TPSA) is 65.2 Å². The predicted molar refractivity (Wildman–Crippen MR) is 80.8 cm³/mol.